The molecule has 112 valence electrons. The van der Waals surface area contributed by atoms with Crippen LogP contribution in [0.3, 0.4) is 0 Å². The zero-order valence-corrected chi connectivity index (χ0v) is 13.8. The maximum atomic E-state index is 13.8. The molecule has 0 fully saturated rings. The molecule has 0 saturated carbocycles. The molecule has 2 aromatic rings. The number of hydrogen-bond acceptors (Lipinski definition) is 1. The van der Waals surface area contributed by atoms with E-state index in [-0.39, 0.29) is 17.7 Å². The SMILES string of the molecule is CNC(Cc1cc(Br)ccc1F)Cc1ccc(F)cc1Cl. The lowest BCUT2D eigenvalue weighted by molar-refractivity contribution is 0.531. The molecule has 2 aromatic carbocycles. The minimum absolute atomic E-state index is 0.0109. The highest BCUT2D eigenvalue weighted by molar-refractivity contribution is 9.10. The molecule has 1 N–H and O–H groups in total. The number of benzene rings is 2. The fourth-order valence-electron chi connectivity index (χ4n) is 2.19. The molecule has 0 saturated heterocycles. The first-order valence-corrected chi connectivity index (χ1v) is 7.72. The van der Waals surface area contributed by atoms with E-state index >= 15 is 0 Å². The largest absolute Gasteiger partial charge is 0.316 e. The zero-order chi connectivity index (χ0) is 15.4. The maximum absolute atomic E-state index is 13.8. The number of likely N-dealkylation sites (N-methyl/N-ethyl adjacent to an activating group) is 1. The second-order valence-corrected chi connectivity index (χ2v) is 6.19. The minimum Gasteiger partial charge on any atom is -0.316 e. The summed E-state index contributed by atoms with van der Waals surface area (Å²) in [5.41, 5.74) is 1.47. The molecular formula is C16H15BrClF2N. The summed E-state index contributed by atoms with van der Waals surface area (Å²) in [4.78, 5) is 0. The second-order valence-electron chi connectivity index (χ2n) is 4.87. The summed E-state index contributed by atoms with van der Waals surface area (Å²) in [6.45, 7) is 0. The van der Waals surface area contributed by atoms with Crippen molar-refractivity contribution < 1.29 is 8.78 Å². The average Bonchev–Trinajstić information content (AvgIpc) is 2.44. The fourth-order valence-corrected chi connectivity index (χ4v) is 2.85. The first-order valence-electron chi connectivity index (χ1n) is 6.54. The van der Waals surface area contributed by atoms with Crippen LogP contribution in [0, 0.1) is 11.6 Å². The smallest absolute Gasteiger partial charge is 0.126 e. The van der Waals surface area contributed by atoms with Crippen LogP contribution in [0.5, 0.6) is 0 Å². The van der Waals surface area contributed by atoms with Crippen molar-refractivity contribution in [2.24, 2.45) is 0 Å². The van der Waals surface area contributed by atoms with E-state index in [0.29, 0.717) is 23.4 Å². The number of nitrogens with one attached hydrogen (secondary N) is 1. The summed E-state index contributed by atoms with van der Waals surface area (Å²) in [6.07, 6.45) is 1.12. The van der Waals surface area contributed by atoms with Crippen LogP contribution in [0.15, 0.2) is 40.9 Å². The third kappa shape index (κ3) is 4.50. The topological polar surface area (TPSA) is 12.0 Å². The Morgan fingerprint density at radius 1 is 1.10 bits per heavy atom. The predicted molar refractivity (Wildman–Crippen MR) is 85.8 cm³/mol. The van der Waals surface area contributed by atoms with Gasteiger partial charge in [0.05, 0.1) is 0 Å². The van der Waals surface area contributed by atoms with Crippen molar-refractivity contribution in [3.05, 3.63) is 68.7 Å². The molecule has 1 atom stereocenters. The van der Waals surface area contributed by atoms with Gasteiger partial charge >= 0.3 is 0 Å². The van der Waals surface area contributed by atoms with Gasteiger partial charge in [0.2, 0.25) is 0 Å². The molecule has 5 heteroatoms. The maximum Gasteiger partial charge on any atom is 0.126 e. The first-order chi connectivity index (χ1) is 9.99. The van der Waals surface area contributed by atoms with Gasteiger partial charge in [0, 0.05) is 15.5 Å². The Morgan fingerprint density at radius 3 is 2.48 bits per heavy atom. The van der Waals surface area contributed by atoms with Crippen LogP contribution in [0.4, 0.5) is 8.78 Å². The van der Waals surface area contributed by atoms with E-state index in [1.165, 1.54) is 18.2 Å². The molecule has 0 aliphatic heterocycles. The average molecular weight is 375 g/mol. The summed E-state index contributed by atoms with van der Waals surface area (Å²) in [5.74, 6) is -0.591. The van der Waals surface area contributed by atoms with E-state index in [4.69, 9.17) is 11.6 Å². The van der Waals surface area contributed by atoms with Gasteiger partial charge < -0.3 is 5.32 Å². The number of halogens is 4. The Hall–Kier alpha value is -0.970. The highest BCUT2D eigenvalue weighted by atomic mass is 79.9. The highest BCUT2D eigenvalue weighted by Crippen LogP contribution is 2.21. The predicted octanol–water partition coefficient (Wildman–Crippen LogP) is 4.75. The third-order valence-electron chi connectivity index (χ3n) is 3.36. The van der Waals surface area contributed by atoms with Crippen molar-refractivity contribution in [1.29, 1.82) is 0 Å². The van der Waals surface area contributed by atoms with Gasteiger partial charge in [-0.2, -0.15) is 0 Å². The van der Waals surface area contributed by atoms with E-state index in [9.17, 15) is 8.78 Å². The van der Waals surface area contributed by atoms with Gasteiger partial charge in [-0.1, -0.05) is 33.6 Å². The normalized spacial score (nSPS) is 12.4. The Balaban J connectivity index is 2.14. The molecule has 0 aromatic heterocycles. The Labute approximate surface area is 136 Å². The van der Waals surface area contributed by atoms with Crippen molar-refractivity contribution in [1.82, 2.24) is 5.32 Å². The van der Waals surface area contributed by atoms with Crippen LogP contribution >= 0.6 is 27.5 Å². The standard InChI is InChI=1S/C16H15BrClF2N/c1-21-14(7-10-2-4-13(19)9-15(10)18)8-11-6-12(17)3-5-16(11)20/h2-6,9,14,21H,7-8H2,1H3. The molecule has 0 aliphatic carbocycles. The van der Waals surface area contributed by atoms with E-state index in [0.717, 1.165) is 10.0 Å². The molecule has 2 rings (SSSR count). The molecule has 0 spiro atoms. The van der Waals surface area contributed by atoms with E-state index in [1.54, 1.807) is 18.2 Å². The Morgan fingerprint density at radius 2 is 1.81 bits per heavy atom. The molecule has 1 nitrogen and oxygen atoms in total. The molecule has 0 heterocycles. The lowest BCUT2D eigenvalue weighted by Crippen LogP contribution is -2.30. The van der Waals surface area contributed by atoms with Gasteiger partial charge in [-0.25, -0.2) is 8.78 Å². The zero-order valence-electron chi connectivity index (χ0n) is 11.5. The molecule has 0 radical (unpaired) electrons. The second kappa shape index (κ2) is 7.34. The highest BCUT2D eigenvalue weighted by Gasteiger charge is 2.14. The quantitative estimate of drug-likeness (QED) is 0.796. The summed E-state index contributed by atoms with van der Waals surface area (Å²) >= 11 is 9.39. The van der Waals surface area contributed by atoms with E-state index in [2.05, 4.69) is 21.2 Å². The summed E-state index contributed by atoms with van der Waals surface area (Å²) in [6, 6.07) is 9.24. The lowest BCUT2D eigenvalue weighted by Gasteiger charge is -2.18. The lowest BCUT2D eigenvalue weighted by atomic mass is 9.98. The first kappa shape index (κ1) is 16.4. The van der Waals surface area contributed by atoms with Crippen LogP contribution < -0.4 is 5.32 Å². The van der Waals surface area contributed by atoms with Crippen molar-refractivity contribution in [2.45, 2.75) is 18.9 Å². The summed E-state index contributed by atoms with van der Waals surface area (Å²) in [7, 11) is 1.82. The van der Waals surface area contributed by atoms with Crippen molar-refractivity contribution in [3.63, 3.8) is 0 Å². The van der Waals surface area contributed by atoms with Crippen LogP contribution in [-0.4, -0.2) is 13.1 Å². The molecule has 0 bridgehead atoms. The van der Waals surface area contributed by atoms with Crippen LogP contribution in [-0.2, 0) is 12.8 Å². The van der Waals surface area contributed by atoms with Gasteiger partial charge in [-0.05, 0) is 61.3 Å². The van der Waals surface area contributed by atoms with Crippen molar-refractivity contribution in [3.8, 4) is 0 Å². The van der Waals surface area contributed by atoms with Gasteiger partial charge in [-0.15, -0.1) is 0 Å². The number of hydrogen-bond donors (Lipinski definition) is 1. The summed E-state index contributed by atoms with van der Waals surface area (Å²) in [5, 5.41) is 3.55. The molecule has 1 unspecified atom stereocenters. The molecule has 21 heavy (non-hydrogen) atoms. The van der Waals surface area contributed by atoms with Gasteiger partial charge in [-0.3, -0.25) is 0 Å². The number of rotatable bonds is 5. The van der Waals surface area contributed by atoms with Crippen LogP contribution in [0.1, 0.15) is 11.1 Å². The fraction of sp³-hybridized carbons (Fsp3) is 0.250. The van der Waals surface area contributed by atoms with Crippen molar-refractivity contribution in [2.75, 3.05) is 7.05 Å². The molecule has 0 aliphatic rings. The van der Waals surface area contributed by atoms with E-state index < -0.39 is 0 Å². The van der Waals surface area contributed by atoms with Gasteiger partial charge in [0.15, 0.2) is 0 Å². The molecular weight excluding hydrogens is 360 g/mol. The van der Waals surface area contributed by atoms with Gasteiger partial charge in [0.1, 0.15) is 11.6 Å². The van der Waals surface area contributed by atoms with Crippen LogP contribution in [0.25, 0.3) is 0 Å². The Kier molecular flexibility index (Phi) is 5.73. The Bertz CT molecular complexity index is 634. The molecule has 0 amide bonds. The minimum atomic E-state index is -0.359. The summed E-state index contributed by atoms with van der Waals surface area (Å²) < 4.78 is 27.7. The monoisotopic (exact) mass is 373 g/mol. The van der Waals surface area contributed by atoms with Gasteiger partial charge in [0.25, 0.3) is 0 Å². The van der Waals surface area contributed by atoms with Crippen molar-refractivity contribution >= 4 is 27.5 Å². The third-order valence-corrected chi connectivity index (χ3v) is 4.21. The van der Waals surface area contributed by atoms with E-state index in [1.807, 2.05) is 7.05 Å². The van der Waals surface area contributed by atoms with Crippen LogP contribution in [0.2, 0.25) is 5.02 Å².